The maximum Gasteiger partial charge on any atom is 0.242 e. The zero-order valence-electron chi connectivity index (χ0n) is 13.1. The predicted octanol–water partition coefficient (Wildman–Crippen LogP) is 2.38. The highest BCUT2D eigenvalue weighted by atomic mass is 32.2. The van der Waals surface area contributed by atoms with E-state index in [-0.39, 0.29) is 10.9 Å². The Bertz CT molecular complexity index is 545. The molecule has 0 radical (unpaired) electrons. The summed E-state index contributed by atoms with van der Waals surface area (Å²) in [5.74, 6) is 0. The van der Waals surface area contributed by atoms with Crippen LogP contribution in [0.1, 0.15) is 59.2 Å². The Hall–Kier alpha value is -0.850. The lowest BCUT2D eigenvalue weighted by molar-refractivity contribution is 0.417. The van der Waals surface area contributed by atoms with Crippen LogP contribution in [0.4, 0.5) is 0 Å². The van der Waals surface area contributed by atoms with E-state index in [9.17, 15) is 8.42 Å². The molecule has 0 unspecified atom stereocenters. The zero-order chi connectivity index (χ0) is 15.6. The van der Waals surface area contributed by atoms with Crippen LogP contribution in [0.15, 0.2) is 17.2 Å². The maximum atomic E-state index is 12.5. The molecule has 3 N–H and O–H groups in total. The van der Waals surface area contributed by atoms with Crippen molar-refractivity contribution in [3.8, 4) is 0 Å². The van der Waals surface area contributed by atoms with E-state index in [1.807, 2.05) is 39.2 Å². The molecular weight excluding hydrogens is 274 g/mol. The van der Waals surface area contributed by atoms with Gasteiger partial charge in [0.15, 0.2) is 0 Å². The summed E-state index contributed by atoms with van der Waals surface area (Å²) in [5, 5.41) is 0. The van der Waals surface area contributed by atoms with Crippen LogP contribution in [0.2, 0.25) is 0 Å². The number of rotatable bonds is 7. The van der Waals surface area contributed by atoms with Gasteiger partial charge in [0.2, 0.25) is 10.0 Å². The first-order valence-electron chi connectivity index (χ1n) is 7.07. The van der Waals surface area contributed by atoms with E-state index in [1.54, 1.807) is 12.3 Å². The molecule has 0 atom stereocenters. The Morgan fingerprint density at radius 3 is 2.40 bits per heavy atom. The van der Waals surface area contributed by atoms with Crippen LogP contribution in [0.3, 0.4) is 0 Å². The summed E-state index contributed by atoms with van der Waals surface area (Å²) in [6.07, 6.45) is 3.38. The average molecular weight is 301 g/mol. The number of sulfonamides is 1. The van der Waals surface area contributed by atoms with Crippen molar-refractivity contribution in [1.29, 1.82) is 0 Å². The summed E-state index contributed by atoms with van der Waals surface area (Å²) in [7, 11) is -3.51. The fraction of sp³-hybridized carbons (Fsp3) is 0.714. The minimum atomic E-state index is -3.51. The second-order valence-electron chi connectivity index (χ2n) is 6.11. The summed E-state index contributed by atoms with van der Waals surface area (Å²) in [5.41, 5.74) is 6.06. The summed E-state index contributed by atoms with van der Waals surface area (Å²) >= 11 is 0. The first kappa shape index (κ1) is 17.2. The van der Waals surface area contributed by atoms with Gasteiger partial charge in [-0.1, -0.05) is 13.3 Å². The zero-order valence-corrected chi connectivity index (χ0v) is 13.9. The largest absolute Gasteiger partial charge is 0.346 e. The molecule has 0 bridgehead atoms. The molecule has 1 heterocycles. The summed E-state index contributed by atoms with van der Waals surface area (Å²) in [6, 6.07) is 1.84. The van der Waals surface area contributed by atoms with Gasteiger partial charge in [-0.3, -0.25) is 0 Å². The molecule has 1 aromatic heterocycles. The predicted molar refractivity (Wildman–Crippen MR) is 82.0 cm³/mol. The van der Waals surface area contributed by atoms with Crippen LogP contribution < -0.4 is 10.5 Å². The lowest BCUT2D eigenvalue weighted by Crippen LogP contribution is -2.43. The third-order valence-electron chi connectivity index (χ3n) is 3.27. The highest BCUT2D eigenvalue weighted by Crippen LogP contribution is 2.21. The Morgan fingerprint density at radius 2 is 2.00 bits per heavy atom. The van der Waals surface area contributed by atoms with E-state index in [0.29, 0.717) is 6.54 Å². The van der Waals surface area contributed by atoms with Gasteiger partial charge in [0.05, 0.1) is 4.90 Å². The van der Waals surface area contributed by atoms with Gasteiger partial charge in [0, 0.05) is 30.0 Å². The van der Waals surface area contributed by atoms with Crippen molar-refractivity contribution in [1.82, 2.24) is 9.29 Å². The third kappa shape index (κ3) is 4.07. The minimum Gasteiger partial charge on any atom is -0.346 e. The molecule has 0 saturated heterocycles. The van der Waals surface area contributed by atoms with Crippen LogP contribution in [0, 0.1) is 0 Å². The van der Waals surface area contributed by atoms with Gasteiger partial charge in [-0.15, -0.1) is 0 Å². The SMILES string of the molecule is CCCC(C)(C)NS(=O)(=O)c1cc(CN)n(C(C)C)c1. The molecule has 0 spiro atoms. The second kappa shape index (κ2) is 6.28. The van der Waals surface area contributed by atoms with E-state index in [4.69, 9.17) is 5.73 Å². The third-order valence-corrected chi connectivity index (χ3v) is 4.93. The molecule has 1 aromatic rings. The smallest absolute Gasteiger partial charge is 0.242 e. The molecule has 0 fully saturated rings. The monoisotopic (exact) mass is 301 g/mol. The average Bonchev–Trinajstić information content (AvgIpc) is 2.71. The van der Waals surface area contributed by atoms with Gasteiger partial charge in [0.25, 0.3) is 0 Å². The molecule has 0 aliphatic heterocycles. The van der Waals surface area contributed by atoms with E-state index < -0.39 is 15.6 Å². The molecular formula is C14H27N3O2S. The van der Waals surface area contributed by atoms with Crippen molar-refractivity contribution in [3.05, 3.63) is 18.0 Å². The molecule has 0 aliphatic carbocycles. The number of hydrogen-bond donors (Lipinski definition) is 2. The van der Waals surface area contributed by atoms with E-state index in [1.165, 1.54) is 0 Å². The highest BCUT2D eigenvalue weighted by Gasteiger charge is 2.27. The van der Waals surface area contributed by atoms with E-state index in [0.717, 1.165) is 18.5 Å². The van der Waals surface area contributed by atoms with Crippen LogP contribution in [0.5, 0.6) is 0 Å². The van der Waals surface area contributed by atoms with Gasteiger partial charge in [0.1, 0.15) is 0 Å². The Labute approximate surface area is 122 Å². The van der Waals surface area contributed by atoms with Crippen molar-refractivity contribution in [2.75, 3.05) is 0 Å². The van der Waals surface area contributed by atoms with Gasteiger partial charge in [-0.2, -0.15) is 0 Å². The normalized spacial score (nSPS) is 13.2. The number of nitrogens with one attached hydrogen (secondary N) is 1. The van der Waals surface area contributed by atoms with Gasteiger partial charge >= 0.3 is 0 Å². The van der Waals surface area contributed by atoms with Crippen molar-refractivity contribution in [2.45, 2.75) is 70.5 Å². The van der Waals surface area contributed by atoms with Crippen molar-refractivity contribution >= 4 is 10.0 Å². The number of nitrogens with two attached hydrogens (primary N) is 1. The van der Waals surface area contributed by atoms with Crippen molar-refractivity contribution in [3.63, 3.8) is 0 Å². The topological polar surface area (TPSA) is 77.1 Å². The minimum absolute atomic E-state index is 0.182. The fourth-order valence-corrected chi connectivity index (χ4v) is 3.88. The summed E-state index contributed by atoms with van der Waals surface area (Å²) in [6.45, 7) is 10.2. The molecule has 20 heavy (non-hydrogen) atoms. The first-order valence-corrected chi connectivity index (χ1v) is 8.56. The van der Waals surface area contributed by atoms with E-state index in [2.05, 4.69) is 4.72 Å². The molecule has 0 aromatic carbocycles. The standard InChI is InChI=1S/C14H27N3O2S/c1-6-7-14(4,5)16-20(18,19)13-8-12(9-15)17(10-13)11(2)3/h8,10-11,16H,6-7,9,15H2,1-5H3. The summed E-state index contributed by atoms with van der Waals surface area (Å²) < 4.78 is 29.6. The van der Waals surface area contributed by atoms with E-state index >= 15 is 0 Å². The Balaban J connectivity index is 3.10. The molecule has 116 valence electrons. The van der Waals surface area contributed by atoms with Gasteiger partial charge in [-0.25, -0.2) is 13.1 Å². The molecule has 0 aliphatic rings. The summed E-state index contributed by atoms with van der Waals surface area (Å²) in [4.78, 5) is 0.288. The van der Waals surface area contributed by atoms with Crippen LogP contribution in [0.25, 0.3) is 0 Å². The quantitative estimate of drug-likeness (QED) is 0.811. The van der Waals surface area contributed by atoms with Gasteiger partial charge < -0.3 is 10.3 Å². The van der Waals surface area contributed by atoms with Crippen LogP contribution in [-0.4, -0.2) is 18.5 Å². The molecule has 6 heteroatoms. The number of nitrogens with zero attached hydrogens (tertiary/aromatic N) is 1. The van der Waals surface area contributed by atoms with Gasteiger partial charge in [-0.05, 0) is 40.2 Å². The molecule has 1 rings (SSSR count). The lowest BCUT2D eigenvalue weighted by atomic mass is 10.0. The Kier molecular flexibility index (Phi) is 5.40. The highest BCUT2D eigenvalue weighted by molar-refractivity contribution is 7.89. The number of aromatic nitrogens is 1. The first-order chi connectivity index (χ1) is 9.13. The van der Waals surface area contributed by atoms with Crippen molar-refractivity contribution < 1.29 is 8.42 Å². The second-order valence-corrected chi connectivity index (χ2v) is 7.79. The van der Waals surface area contributed by atoms with Crippen LogP contribution in [-0.2, 0) is 16.6 Å². The molecule has 5 nitrogen and oxygen atoms in total. The maximum absolute atomic E-state index is 12.5. The fourth-order valence-electron chi connectivity index (χ4n) is 2.39. The lowest BCUT2D eigenvalue weighted by Gasteiger charge is -2.25. The molecule has 0 amide bonds. The Morgan fingerprint density at radius 1 is 1.40 bits per heavy atom. The number of hydrogen-bond acceptors (Lipinski definition) is 3. The van der Waals surface area contributed by atoms with Crippen molar-refractivity contribution in [2.24, 2.45) is 5.73 Å². The molecule has 0 saturated carbocycles. The van der Waals surface area contributed by atoms with Crippen LogP contribution >= 0.6 is 0 Å².